The van der Waals surface area contributed by atoms with Gasteiger partial charge < -0.3 is 14.7 Å². The van der Waals surface area contributed by atoms with Gasteiger partial charge in [0.25, 0.3) is 5.91 Å². The van der Waals surface area contributed by atoms with Crippen molar-refractivity contribution in [1.29, 1.82) is 0 Å². The van der Waals surface area contributed by atoms with E-state index in [1.807, 2.05) is 36.4 Å². The number of aromatic nitrogens is 2. The third-order valence-corrected chi connectivity index (χ3v) is 6.83. The smallest absolute Gasteiger partial charge is 0.411 e. The molecule has 1 aliphatic carbocycles. The van der Waals surface area contributed by atoms with E-state index in [9.17, 15) is 19.5 Å². The highest BCUT2D eigenvalue weighted by Crippen LogP contribution is 2.44. The Balaban J connectivity index is 1.28. The molecule has 1 aliphatic heterocycles. The molecule has 0 radical (unpaired) electrons. The van der Waals surface area contributed by atoms with Crippen LogP contribution in [0.25, 0.3) is 11.1 Å². The minimum absolute atomic E-state index is 0.0549. The van der Waals surface area contributed by atoms with E-state index in [1.54, 1.807) is 14.0 Å². The molecule has 0 saturated carbocycles. The molecule has 2 atom stereocenters. The number of nitrogens with zero attached hydrogens (tertiary/aromatic N) is 3. The Morgan fingerprint density at radius 1 is 1.06 bits per heavy atom. The topological polar surface area (TPSA) is 114 Å². The van der Waals surface area contributed by atoms with Gasteiger partial charge in [-0.2, -0.15) is 5.10 Å². The lowest BCUT2D eigenvalue weighted by Gasteiger charge is -2.16. The van der Waals surface area contributed by atoms with Crippen LogP contribution in [0.1, 0.15) is 34.5 Å². The summed E-state index contributed by atoms with van der Waals surface area (Å²) in [5, 5.41) is 16.2. The first-order valence-corrected chi connectivity index (χ1v) is 11.5. The molecule has 0 unspecified atom stereocenters. The van der Waals surface area contributed by atoms with Crippen molar-refractivity contribution in [2.75, 3.05) is 25.0 Å². The van der Waals surface area contributed by atoms with Gasteiger partial charge in [0.2, 0.25) is 0 Å². The van der Waals surface area contributed by atoms with E-state index in [-0.39, 0.29) is 36.4 Å². The maximum atomic E-state index is 13.1. The van der Waals surface area contributed by atoms with E-state index in [4.69, 9.17) is 4.74 Å². The van der Waals surface area contributed by atoms with E-state index in [2.05, 4.69) is 22.5 Å². The molecule has 2 N–H and O–H groups in total. The second-order valence-corrected chi connectivity index (χ2v) is 9.15. The van der Waals surface area contributed by atoms with E-state index in [0.717, 1.165) is 22.3 Å². The van der Waals surface area contributed by atoms with Crippen LogP contribution in [0.4, 0.5) is 10.5 Å². The number of likely N-dealkylation sites (tertiary alicyclic amines) is 1. The first kappa shape index (κ1) is 22.6. The van der Waals surface area contributed by atoms with Gasteiger partial charge in [-0.05, 0) is 28.2 Å². The van der Waals surface area contributed by atoms with Crippen molar-refractivity contribution in [3.05, 3.63) is 71.5 Å². The van der Waals surface area contributed by atoms with Crippen LogP contribution in [0.5, 0.6) is 0 Å². The fraction of sp³-hybridized carbons (Fsp3) is 0.308. The summed E-state index contributed by atoms with van der Waals surface area (Å²) in [5.41, 5.74) is 4.76. The molecule has 1 aromatic heterocycles. The number of anilines is 1. The molecule has 2 aromatic carbocycles. The lowest BCUT2D eigenvalue weighted by Crippen LogP contribution is -2.31. The maximum absolute atomic E-state index is 13.1. The van der Waals surface area contributed by atoms with Crippen molar-refractivity contribution < 1.29 is 24.2 Å². The number of carboxylic acid groups (broad SMARTS) is 1. The Labute approximate surface area is 202 Å². The Hall–Kier alpha value is -4.14. The number of amides is 2. The van der Waals surface area contributed by atoms with Crippen LogP contribution in [0.3, 0.4) is 0 Å². The van der Waals surface area contributed by atoms with Crippen molar-refractivity contribution in [2.24, 2.45) is 18.9 Å². The monoisotopic (exact) mass is 474 g/mol. The summed E-state index contributed by atoms with van der Waals surface area (Å²) in [5.74, 6) is -2.22. The number of carbonyl (C=O) groups is 3. The number of aliphatic carboxylic acids is 1. The fourth-order valence-electron chi connectivity index (χ4n) is 5.09. The summed E-state index contributed by atoms with van der Waals surface area (Å²) in [7, 11) is 1.65. The van der Waals surface area contributed by atoms with Crippen LogP contribution >= 0.6 is 0 Å². The molecule has 1 fully saturated rings. The number of fused-ring (bicyclic) bond motifs is 3. The van der Waals surface area contributed by atoms with Crippen LogP contribution in [0, 0.1) is 11.8 Å². The molecule has 180 valence electrons. The van der Waals surface area contributed by atoms with Crippen LogP contribution in [0.15, 0.2) is 54.7 Å². The number of hydrogen-bond acceptors (Lipinski definition) is 5. The second kappa shape index (κ2) is 8.90. The predicted octanol–water partition coefficient (Wildman–Crippen LogP) is 3.57. The number of ether oxygens (including phenoxy) is 1. The largest absolute Gasteiger partial charge is 0.481 e. The lowest BCUT2D eigenvalue weighted by atomic mass is 9.98. The van der Waals surface area contributed by atoms with Crippen molar-refractivity contribution in [1.82, 2.24) is 14.7 Å². The number of benzene rings is 2. The normalized spacial score (nSPS) is 18.7. The maximum Gasteiger partial charge on any atom is 0.411 e. The van der Waals surface area contributed by atoms with Crippen LogP contribution in [-0.4, -0.2) is 57.5 Å². The van der Waals surface area contributed by atoms with E-state index in [0.29, 0.717) is 6.54 Å². The average Bonchev–Trinajstić information content (AvgIpc) is 3.50. The molecule has 2 aliphatic rings. The number of hydrogen-bond donors (Lipinski definition) is 2. The third-order valence-electron chi connectivity index (χ3n) is 6.83. The van der Waals surface area contributed by atoms with Gasteiger partial charge in [-0.1, -0.05) is 55.5 Å². The first-order valence-electron chi connectivity index (χ1n) is 11.5. The number of nitrogens with one attached hydrogen (secondary N) is 1. The summed E-state index contributed by atoms with van der Waals surface area (Å²) < 4.78 is 7.02. The molecule has 1 saturated heterocycles. The van der Waals surface area contributed by atoms with E-state index in [1.165, 1.54) is 15.8 Å². The van der Waals surface area contributed by atoms with Gasteiger partial charge in [0.15, 0.2) is 5.69 Å². The number of carbonyl (C=O) groups excluding carboxylic acids is 2. The minimum Gasteiger partial charge on any atom is -0.481 e. The number of carboxylic acids is 1. The van der Waals surface area contributed by atoms with Gasteiger partial charge in [-0.15, -0.1) is 0 Å². The molecule has 2 amide bonds. The van der Waals surface area contributed by atoms with Crippen molar-refractivity contribution >= 4 is 23.7 Å². The van der Waals surface area contributed by atoms with Gasteiger partial charge in [-0.3, -0.25) is 19.6 Å². The zero-order valence-corrected chi connectivity index (χ0v) is 19.5. The molecule has 5 rings (SSSR count). The van der Waals surface area contributed by atoms with Crippen molar-refractivity contribution in [2.45, 2.75) is 12.8 Å². The average molecular weight is 475 g/mol. The molecule has 0 spiro atoms. The highest BCUT2D eigenvalue weighted by Gasteiger charge is 2.38. The zero-order valence-electron chi connectivity index (χ0n) is 19.5. The quantitative estimate of drug-likeness (QED) is 0.584. The molecule has 9 nitrogen and oxygen atoms in total. The summed E-state index contributed by atoms with van der Waals surface area (Å²) in [6, 6.07) is 16.1. The van der Waals surface area contributed by atoms with Gasteiger partial charge in [0.05, 0.1) is 11.6 Å². The summed E-state index contributed by atoms with van der Waals surface area (Å²) in [6.07, 6.45) is 0.843. The van der Waals surface area contributed by atoms with Crippen LogP contribution in [-0.2, 0) is 16.6 Å². The Bertz CT molecular complexity index is 1270. The Kier molecular flexibility index (Phi) is 5.76. The molecule has 2 heterocycles. The van der Waals surface area contributed by atoms with Crippen molar-refractivity contribution in [3.8, 4) is 11.1 Å². The molecule has 3 aromatic rings. The SMILES string of the molecule is C[C@@H]1CN(C(=O)c2nn(C)cc2NC(=O)OCC2c3ccccc3-c3ccccc32)C[C@H]1C(=O)O. The third kappa shape index (κ3) is 4.14. The van der Waals surface area contributed by atoms with Gasteiger partial charge in [-0.25, -0.2) is 4.79 Å². The van der Waals surface area contributed by atoms with Gasteiger partial charge in [0.1, 0.15) is 6.61 Å². The van der Waals surface area contributed by atoms with E-state index >= 15 is 0 Å². The highest BCUT2D eigenvalue weighted by atomic mass is 16.5. The molecule has 9 heteroatoms. The van der Waals surface area contributed by atoms with Crippen LogP contribution < -0.4 is 5.32 Å². The Morgan fingerprint density at radius 3 is 2.29 bits per heavy atom. The fourth-order valence-corrected chi connectivity index (χ4v) is 5.09. The number of aryl methyl sites for hydroxylation is 1. The predicted molar refractivity (Wildman–Crippen MR) is 128 cm³/mol. The van der Waals surface area contributed by atoms with Crippen molar-refractivity contribution in [3.63, 3.8) is 0 Å². The molecule has 35 heavy (non-hydrogen) atoms. The summed E-state index contributed by atoms with van der Waals surface area (Å²) >= 11 is 0. The van der Waals surface area contributed by atoms with Gasteiger partial charge >= 0.3 is 12.1 Å². The molecule has 0 bridgehead atoms. The van der Waals surface area contributed by atoms with Crippen LogP contribution in [0.2, 0.25) is 0 Å². The zero-order chi connectivity index (χ0) is 24.7. The standard InChI is InChI=1S/C26H26N4O5/c1-15-11-30(12-20(15)25(32)33)24(31)23-22(13-29(2)28-23)27-26(34)35-14-21-18-9-5-3-7-16(18)17-8-4-6-10-19(17)21/h3-10,13,15,20-21H,11-12,14H2,1-2H3,(H,27,34)(H,32,33)/t15-,20-/m1/s1. The van der Waals surface area contributed by atoms with E-state index < -0.39 is 23.9 Å². The summed E-state index contributed by atoms with van der Waals surface area (Å²) in [6.45, 7) is 2.38. The molecular formula is C26H26N4O5. The minimum atomic E-state index is -0.925. The molecular weight excluding hydrogens is 448 g/mol. The highest BCUT2D eigenvalue weighted by molar-refractivity contribution is 6.01. The second-order valence-electron chi connectivity index (χ2n) is 9.15. The lowest BCUT2D eigenvalue weighted by molar-refractivity contribution is -0.142. The first-order chi connectivity index (χ1) is 16.8. The summed E-state index contributed by atoms with van der Waals surface area (Å²) in [4.78, 5) is 38.7. The Morgan fingerprint density at radius 2 is 1.69 bits per heavy atom. The van der Waals surface area contributed by atoms with Gasteiger partial charge in [0, 0.05) is 32.3 Å². The number of rotatable bonds is 5.